The molecule has 1 N–H and O–H groups in total. The smallest absolute Gasteiger partial charge is 0.109 e. The van der Waals surface area contributed by atoms with Crippen LogP contribution in [-0.4, -0.2) is 23.7 Å². The monoisotopic (exact) mass is 254 g/mol. The third-order valence-electron chi connectivity index (χ3n) is 3.26. The topological polar surface area (TPSA) is 34.2 Å². The summed E-state index contributed by atoms with van der Waals surface area (Å²) in [4.78, 5) is 5.87. The highest BCUT2D eigenvalue weighted by Gasteiger charge is 2.21. The second-order valence-corrected chi connectivity index (χ2v) is 5.96. The van der Waals surface area contributed by atoms with Gasteiger partial charge in [0.05, 0.1) is 12.1 Å². The van der Waals surface area contributed by atoms with Crippen LogP contribution in [-0.2, 0) is 11.2 Å². The molecule has 1 aromatic heterocycles. The maximum atomic E-state index is 5.56. The SMILES string of the molecule is CCc1cnc(C(C)NC2CCOC(C)C2)s1. The molecular formula is C13H22N2OS. The Bertz CT molecular complexity index is 353. The average Bonchev–Trinajstić information content (AvgIpc) is 2.77. The van der Waals surface area contributed by atoms with Gasteiger partial charge in [-0.2, -0.15) is 0 Å². The van der Waals surface area contributed by atoms with E-state index in [9.17, 15) is 0 Å². The lowest BCUT2D eigenvalue weighted by Gasteiger charge is -2.29. The predicted molar refractivity (Wildman–Crippen MR) is 71.5 cm³/mol. The Balaban J connectivity index is 1.89. The Morgan fingerprint density at radius 3 is 3.12 bits per heavy atom. The summed E-state index contributed by atoms with van der Waals surface area (Å²) in [6.45, 7) is 7.41. The lowest BCUT2D eigenvalue weighted by atomic mass is 10.0. The Morgan fingerprint density at radius 2 is 2.47 bits per heavy atom. The number of rotatable bonds is 4. The average molecular weight is 254 g/mol. The van der Waals surface area contributed by atoms with Crippen LogP contribution in [0.2, 0.25) is 0 Å². The van der Waals surface area contributed by atoms with Crippen molar-refractivity contribution in [1.29, 1.82) is 0 Å². The molecule has 0 radical (unpaired) electrons. The summed E-state index contributed by atoms with van der Waals surface area (Å²) in [5.74, 6) is 0. The number of ether oxygens (including phenoxy) is 1. The molecule has 3 unspecified atom stereocenters. The fourth-order valence-corrected chi connectivity index (χ4v) is 3.13. The van der Waals surface area contributed by atoms with Gasteiger partial charge in [-0.1, -0.05) is 6.92 Å². The van der Waals surface area contributed by atoms with Gasteiger partial charge in [-0.05, 0) is 33.1 Å². The highest BCUT2D eigenvalue weighted by atomic mass is 32.1. The maximum Gasteiger partial charge on any atom is 0.109 e. The van der Waals surface area contributed by atoms with Gasteiger partial charge < -0.3 is 10.1 Å². The molecule has 1 fully saturated rings. The molecular weight excluding hydrogens is 232 g/mol. The van der Waals surface area contributed by atoms with E-state index < -0.39 is 0 Å². The standard InChI is InChI=1S/C13H22N2OS/c1-4-12-8-14-13(17-12)10(3)15-11-5-6-16-9(2)7-11/h8-11,15H,4-7H2,1-3H3. The van der Waals surface area contributed by atoms with Gasteiger partial charge in [0.2, 0.25) is 0 Å². The molecule has 2 rings (SSSR count). The molecule has 1 aliphatic rings. The summed E-state index contributed by atoms with van der Waals surface area (Å²) in [7, 11) is 0. The van der Waals surface area contributed by atoms with Crippen LogP contribution < -0.4 is 5.32 Å². The summed E-state index contributed by atoms with van der Waals surface area (Å²) < 4.78 is 5.56. The molecule has 1 aliphatic heterocycles. The molecule has 3 nitrogen and oxygen atoms in total. The van der Waals surface area contributed by atoms with E-state index in [-0.39, 0.29) is 0 Å². The van der Waals surface area contributed by atoms with Crippen LogP contribution in [0.1, 0.15) is 49.5 Å². The van der Waals surface area contributed by atoms with E-state index in [1.54, 1.807) is 0 Å². The minimum Gasteiger partial charge on any atom is -0.378 e. The first kappa shape index (κ1) is 13.0. The van der Waals surface area contributed by atoms with E-state index in [0.29, 0.717) is 18.2 Å². The normalized spacial score (nSPS) is 27.0. The summed E-state index contributed by atoms with van der Waals surface area (Å²) in [6.07, 6.45) is 5.69. The summed E-state index contributed by atoms with van der Waals surface area (Å²) >= 11 is 1.83. The van der Waals surface area contributed by atoms with E-state index in [2.05, 4.69) is 31.1 Å². The lowest BCUT2D eigenvalue weighted by molar-refractivity contribution is 0.0116. The first-order valence-electron chi connectivity index (χ1n) is 6.51. The third-order valence-corrected chi connectivity index (χ3v) is 4.59. The van der Waals surface area contributed by atoms with Gasteiger partial charge in [0.15, 0.2) is 0 Å². The van der Waals surface area contributed by atoms with Gasteiger partial charge in [-0.3, -0.25) is 0 Å². The zero-order valence-corrected chi connectivity index (χ0v) is 11.7. The number of nitrogens with one attached hydrogen (secondary N) is 1. The molecule has 0 amide bonds. The van der Waals surface area contributed by atoms with E-state index in [1.165, 1.54) is 9.88 Å². The maximum absolute atomic E-state index is 5.56. The number of aromatic nitrogens is 1. The fourth-order valence-electron chi connectivity index (χ4n) is 2.26. The van der Waals surface area contributed by atoms with Crippen LogP contribution in [0, 0.1) is 0 Å². The van der Waals surface area contributed by atoms with Gasteiger partial charge in [0.25, 0.3) is 0 Å². The van der Waals surface area contributed by atoms with Crippen molar-refractivity contribution >= 4 is 11.3 Å². The van der Waals surface area contributed by atoms with Crippen LogP contribution in [0.3, 0.4) is 0 Å². The van der Waals surface area contributed by atoms with E-state index in [1.807, 2.05) is 17.5 Å². The van der Waals surface area contributed by atoms with Gasteiger partial charge >= 0.3 is 0 Å². The zero-order chi connectivity index (χ0) is 12.3. The van der Waals surface area contributed by atoms with Gasteiger partial charge in [-0.15, -0.1) is 11.3 Å². The van der Waals surface area contributed by atoms with Crippen molar-refractivity contribution in [1.82, 2.24) is 10.3 Å². The number of hydrogen-bond acceptors (Lipinski definition) is 4. The molecule has 1 saturated heterocycles. The molecule has 0 saturated carbocycles. The van der Waals surface area contributed by atoms with Crippen molar-refractivity contribution in [3.8, 4) is 0 Å². The van der Waals surface area contributed by atoms with E-state index in [4.69, 9.17) is 4.74 Å². The quantitative estimate of drug-likeness (QED) is 0.897. The van der Waals surface area contributed by atoms with Gasteiger partial charge in [-0.25, -0.2) is 4.98 Å². The van der Waals surface area contributed by atoms with E-state index in [0.717, 1.165) is 25.9 Å². The number of thiazole rings is 1. The molecule has 4 heteroatoms. The van der Waals surface area contributed by atoms with Crippen LogP contribution in [0.5, 0.6) is 0 Å². The molecule has 0 aromatic carbocycles. The molecule has 96 valence electrons. The lowest BCUT2D eigenvalue weighted by Crippen LogP contribution is -2.39. The third kappa shape index (κ3) is 3.50. The molecule has 17 heavy (non-hydrogen) atoms. The molecule has 0 aliphatic carbocycles. The molecule has 2 heterocycles. The number of nitrogens with zero attached hydrogens (tertiary/aromatic N) is 1. The Kier molecular flexibility index (Phi) is 4.54. The first-order chi connectivity index (χ1) is 8.19. The van der Waals surface area contributed by atoms with Crippen LogP contribution >= 0.6 is 11.3 Å². The van der Waals surface area contributed by atoms with Crippen molar-refractivity contribution in [3.63, 3.8) is 0 Å². The summed E-state index contributed by atoms with van der Waals surface area (Å²) in [5.41, 5.74) is 0. The first-order valence-corrected chi connectivity index (χ1v) is 7.33. The molecule has 1 aromatic rings. The van der Waals surface area contributed by atoms with Crippen molar-refractivity contribution in [2.45, 2.75) is 58.2 Å². The molecule has 0 spiro atoms. The van der Waals surface area contributed by atoms with Crippen LogP contribution in [0.15, 0.2) is 6.20 Å². The highest BCUT2D eigenvalue weighted by Crippen LogP contribution is 2.23. The predicted octanol–water partition coefficient (Wildman–Crippen LogP) is 2.92. The largest absolute Gasteiger partial charge is 0.378 e. The molecule has 0 bridgehead atoms. The highest BCUT2D eigenvalue weighted by molar-refractivity contribution is 7.11. The Morgan fingerprint density at radius 1 is 1.65 bits per heavy atom. The summed E-state index contributed by atoms with van der Waals surface area (Å²) in [6, 6.07) is 0.929. The molecule has 3 atom stereocenters. The van der Waals surface area contributed by atoms with Crippen molar-refractivity contribution in [2.24, 2.45) is 0 Å². The van der Waals surface area contributed by atoms with Gasteiger partial charge in [0, 0.05) is 23.7 Å². The minimum atomic E-state index is 0.357. The van der Waals surface area contributed by atoms with Crippen molar-refractivity contribution < 1.29 is 4.74 Å². The minimum absolute atomic E-state index is 0.357. The summed E-state index contributed by atoms with van der Waals surface area (Å²) in [5, 5.41) is 4.88. The van der Waals surface area contributed by atoms with Crippen LogP contribution in [0.25, 0.3) is 0 Å². The Labute approximate surface area is 108 Å². The Hall–Kier alpha value is -0.450. The van der Waals surface area contributed by atoms with Crippen molar-refractivity contribution in [3.05, 3.63) is 16.1 Å². The second kappa shape index (κ2) is 5.94. The zero-order valence-electron chi connectivity index (χ0n) is 10.9. The van der Waals surface area contributed by atoms with Crippen molar-refractivity contribution in [2.75, 3.05) is 6.61 Å². The second-order valence-electron chi connectivity index (χ2n) is 4.81. The van der Waals surface area contributed by atoms with E-state index >= 15 is 0 Å². The number of aryl methyl sites for hydroxylation is 1. The number of hydrogen-bond donors (Lipinski definition) is 1. The fraction of sp³-hybridized carbons (Fsp3) is 0.769. The van der Waals surface area contributed by atoms with Crippen LogP contribution in [0.4, 0.5) is 0 Å². The van der Waals surface area contributed by atoms with Gasteiger partial charge in [0.1, 0.15) is 5.01 Å².